The van der Waals surface area contributed by atoms with Crippen LogP contribution >= 0.6 is 11.8 Å². The van der Waals surface area contributed by atoms with Crippen LogP contribution in [-0.4, -0.2) is 58.3 Å². The molecule has 3 aromatic carbocycles. The summed E-state index contributed by atoms with van der Waals surface area (Å²) in [6.07, 6.45) is -5.27. The molecule has 0 bridgehead atoms. The van der Waals surface area contributed by atoms with Crippen molar-refractivity contribution in [3.63, 3.8) is 0 Å². The number of carbonyl (C=O) groups excluding carboxylic acids is 3. The predicted octanol–water partition coefficient (Wildman–Crippen LogP) is 5.97. The van der Waals surface area contributed by atoms with Gasteiger partial charge in [-0.2, -0.15) is 13.2 Å². The van der Waals surface area contributed by atoms with Crippen molar-refractivity contribution in [1.82, 2.24) is 4.90 Å². The van der Waals surface area contributed by atoms with Gasteiger partial charge in [-0.05, 0) is 60.4 Å². The molecule has 2 aliphatic heterocycles. The molecule has 0 aromatic heterocycles. The molecule has 2 aliphatic rings. The molecule has 2 saturated heterocycles. The third-order valence-corrected chi connectivity index (χ3v) is 8.88. The van der Waals surface area contributed by atoms with Crippen molar-refractivity contribution in [2.75, 3.05) is 22.9 Å². The minimum atomic E-state index is -5.04. The third-order valence-electron chi connectivity index (χ3n) is 7.73. The minimum absolute atomic E-state index is 0.0716. The van der Waals surface area contributed by atoms with Crippen molar-refractivity contribution in [1.29, 1.82) is 0 Å². The normalized spacial score (nSPS) is 21.5. The number of benzene rings is 3. The van der Waals surface area contributed by atoms with Crippen LogP contribution in [0.2, 0.25) is 0 Å². The Hall–Kier alpha value is -3.91. The van der Waals surface area contributed by atoms with E-state index in [1.54, 1.807) is 36.0 Å². The fraction of sp³-hybridized carbons (Fsp3) is 0.364. The average Bonchev–Trinajstić information content (AvgIpc) is 3.54. The van der Waals surface area contributed by atoms with Crippen LogP contribution in [0, 0.1) is 0 Å². The van der Waals surface area contributed by atoms with E-state index in [-0.39, 0.29) is 37.7 Å². The van der Waals surface area contributed by atoms with Crippen LogP contribution in [0.5, 0.6) is 0 Å². The number of nitrogens with zero attached hydrogens (tertiary/aromatic N) is 1. The van der Waals surface area contributed by atoms with E-state index in [1.165, 1.54) is 6.92 Å². The second kappa shape index (κ2) is 14.7. The predicted molar refractivity (Wildman–Crippen MR) is 166 cm³/mol. The Bertz CT molecular complexity index is 1520. The lowest BCUT2D eigenvalue weighted by Gasteiger charge is -2.36. The zero-order valence-corrected chi connectivity index (χ0v) is 25.8. The van der Waals surface area contributed by atoms with Gasteiger partial charge in [-0.3, -0.25) is 14.4 Å². The summed E-state index contributed by atoms with van der Waals surface area (Å²) in [5, 5.41) is 14.8. The largest absolute Gasteiger partial charge is 0.471 e. The van der Waals surface area contributed by atoms with Crippen LogP contribution in [0.15, 0.2) is 77.7 Å². The maximum atomic E-state index is 13.0. The summed E-state index contributed by atoms with van der Waals surface area (Å²) < 4.78 is 51.7. The first-order valence-electron chi connectivity index (χ1n) is 14.8. The topological polar surface area (TPSA) is 117 Å². The van der Waals surface area contributed by atoms with E-state index in [2.05, 4.69) is 10.6 Å². The highest BCUT2D eigenvalue weighted by molar-refractivity contribution is 7.99. The first-order chi connectivity index (χ1) is 22.0. The summed E-state index contributed by atoms with van der Waals surface area (Å²) in [4.78, 5) is 37.5. The SMILES string of the molecule is CC(=O)Nc1ccc(SC[C@H]2C[C@@H](c3ccc(CO)cc3)O[C@@H](c3ccc(NC(=O)[C@@H]4CCCN4C(=O)C(F)(F)F)cc3)O2)cc1. The zero-order valence-electron chi connectivity index (χ0n) is 25.0. The van der Waals surface area contributed by atoms with Gasteiger partial charge < -0.3 is 30.1 Å². The summed E-state index contributed by atoms with van der Waals surface area (Å²) in [5.74, 6) is -2.22. The molecule has 0 saturated carbocycles. The Balaban J connectivity index is 1.27. The summed E-state index contributed by atoms with van der Waals surface area (Å²) in [6, 6.07) is 20.5. The van der Waals surface area contributed by atoms with Gasteiger partial charge in [0.1, 0.15) is 6.04 Å². The molecule has 0 spiro atoms. The van der Waals surface area contributed by atoms with E-state index in [9.17, 15) is 32.7 Å². The minimum Gasteiger partial charge on any atom is -0.392 e. The molecule has 9 nitrogen and oxygen atoms in total. The first kappa shape index (κ1) is 33.5. The van der Waals surface area contributed by atoms with Gasteiger partial charge in [-0.25, -0.2) is 0 Å². The van der Waals surface area contributed by atoms with Crippen LogP contribution in [-0.2, 0) is 30.5 Å². The molecule has 0 unspecified atom stereocenters. The molecule has 46 heavy (non-hydrogen) atoms. The van der Waals surface area contributed by atoms with Crippen LogP contribution in [0.25, 0.3) is 0 Å². The number of aliphatic hydroxyl groups is 1. The van der Waals surface area contributed by atoms with Crippen molar-refractivity contribution < 1.29 is 42.1 Å². The molecule has 3 N–H and O–H groups in total. The number of anilines is 2. The van der Waals surface area contributed by atoms with Crippen molar-refractivity contribution in [2.24, 2.45) is 0 Å². The smallest absolute Gasteiger partial charge is 0.392 e. The van der Waals surface area contributed by atoms with Gasteiger partial charge in [-0.1, -0.05) is 36.4 Å². The van der Waals surface area contributed by atoms with Crippen LogP contribution < -0.4 is 10.6 Å². The number of ether oxygens (including phenoxy) is 2. The maximum absolute atomic E-state index is 13.0. The number of rotatable bonds is 9. The highest BCUT2D eigenvalue weighted by atomic mass is 32.2. The Morgan fingerprint density at radius 3 is 2.17 bits per heavy atom. The van der Waals surface area contributed by atoms with Crippen molar-refractivity contribution in [3.8, 4) is 0 Å². The van der Waals surface area contributed by atoms with Crippen molar-refractivity contribution in [3.05, 3.63) is 89.5 Å². The number of alkyl halides is 3. The molecule has 2 heterocycles. The van der Waals surface area contributed by atoms with Gasteiger partial charge in [0.2, 0.25) is 11.8 Å². The first-order valence-corrected chi connectivity index (χ1v) is 15.8. The van der Waals surface area contributed by atoms with E-state index in [4.69, 9.17) is 9.47 Å². The lowest BCUT2D eigenvalue weighted by atomic mass is 10.0. The maximum Gasteiger partial charge on any atom is 0.471 e. The van der Waals surface area contributed by atoms with E-state index in [0.29, 0.717) is 40.4 Å². The summed E-state index contributed by atoms with van der Waals surface area (Å²) >= 11 is 1.61. The van der Waals surface area contributed by atoms with Gasteiger partial charge in [0.15, 0.2) is 6.29 Å². The molecule has 0 radical (unpaired) electrons. The van der Waals surface area contributed by atoms with Crippen LogP contribution in [0.1, 0.15) is 55.3 Å². The Kier molecular flexibility index (Phi) is 10.7. The molecule has 3 aromatic rings. The number of likely N-dealkylation sites (tertiary alicyclic amines) is 1. The van der Waals surface area contributed by atoms with E-state index < -0.39 is 30.3 Å². The third kappa shape index (κ3) is 8.46. The fourth-order valence-corrected chi connectivity index (χ4v) is 6.37. The van der Waals surface area contributed by atoms with Crippen LogP contribution in [0.3, 0.4) is 0 Å². The van der Waals surface area contributed by atoms with Crippen LogP contribution in [0.4, 0.5) is 24.5 Å². The Labute approximate surface area is 268 Å². The zero-order chi connectivity index (χ0) is 32.8. The second-order valence-corrected chi connectivity index (χ2v) is 12.2. The molecule has 244 valence electrons. The van der Waals surface area contributed by atoms with Gasteiger partial charge >= 0.3 is 12.1 Å². The molecule has 3 amide bonds. The summed E-state index contributed by atoms with van der Waals surface area (Å²) in [7, 11) is 0. The van der Waals surface area contributed by atoms with Crippen molar-refractivity contribution >= 4 is 40.9 Å². The number of nitrogens with one attached hydrogen (secondary N) is 2. The monoisotopic (exact) mass is 657 g/mol. The molecular weight excluding hydrogens is 623 g/mol. The number of hydrogen-bond acceptors (Lipinski definition) is 7. The molecule has 0 aliphatic carbocycles. The van der Waals surface area contributed by atoms with Gasteiger partial charge in [0, 0.05) is 47.5 Å². The molecule has 4 atom stereocenters. The van der Waals surface area contributed by atoms with E-state index in [0.717, 1.165) is 16.0 Å². The quantitative estimate of drug-likeness (QED) is 0.243. The lowest BCUT2D eigenvalue weighted by Crippen LogP contribution is -2.48. The highest BCUT2D eigenvalue weighted by Gasteiger charge is 2.47. The number of halogens is 3. The molecule has 13 heteroatoms. The number of aliphatic hydroxyl groups excluding tert-OH is 1. The Morgan fingerprint density at radius 2 is 1.54 bits per heavy atom. The number of amides is 3. The second-order valence-electron chi connectivity index (χ2n) is 11.1. The molecule has 5 rings (SSSR count). The highest BCUT2D eigenvalue weighted by Crippen LogP contribution is 2.40. The summed E-state index contributed by atoms with van der Waals surface area (Å²) in [5.41, 5.74) is 3.46. The summed E-state index contributed by atoms with van der Waals surface area (Å²) in [6.45, 7) is 1.25. The van der Waals surface area contributed by atoms with E-state index >= 15 is 0 Å². The fourth-order valence-electron chi connectivity index (χ4n) is 5.44. The number of thioether (sulfide) groups is 1. The van der Waals surface area contributed by atoms with Gasteiger partial charge in [0.05, 0.1) is 18.8 Å². The molecule has 2 fully saturated rings. The van der Waals surface area contributed by atoms with Gasteiger partial charge in [0.25, 0.3) is 0 Å². The standard InChI is InChI=1S/C33H34F3N3O6S/c1-20(41)37-24-12-14-27(15-13-24)46-19-26-17-29(22-6-4-21(18-40)5-7-22)45-31(44-26)23-8-10-25(11-9-23)38-30(42)28-3-2-16-39(28)32(43)33(34,35)36/h4-15,26,28-29,31,40H,2-3,16-19H2,1H3,(H,37,41)(H,38,42)/t26-,28+,29+,31+/m1/s1. The Morgan fingerprint density at radius 1 is 0.913 bits per heavy atom. The number of hydrogen-bond donors (Lipinski definition) is 3. The molecular formula is C33H34F3N3O6S. The average molecular weight is 658 g/mol. The van der Waals surface area contributed by atoms with Gasteiger partial charge in [-0.15, -0.1) is 11.8 Å². The van der Waals surface area contributed by atoms with Crippen molar-refractivity contribution in [2.45, 2.75) is 68.4 Å². The lowest BCUT2D eigenvalue weighted by molar-refractivity contribution is -0.245. The van der Waals surface area contributed by atoms with E-state index in [1.807, 2.05) is 48.5 Å². The number of carbonyl (C=O) groups is 3.